The smallest absolute Gasteiger partial charge is 0.338 e. The molecule has 26 heavy (non-hydrogen) atoms. The summed E-state index contributed by atoms with van der Waals surface area (Å²) in [6.07, 6.45) is 0. The second-order valence-corrected chi connectivity index (χ2v) is 6.54. The van der Waals surface area contributed by atoms with Crippen molar-refractivity contribution in [3.05, 3.63) is 46.7 Å². The normalized spacial score (nSPS) is 21.2. The monoisotopic (exact) mass is 360 g/mol. The molecule has 0 bridgehead atoms. The van der Waals surface area contributed by atoms with Gasteiger partial charge in [0.2, 0.25) is 0 Å². The maximum absolute atomic E-state index is 12.7. The first-order chi connectivity index (χ1) is 12.6. The quantitative estimate of drug-likeness (QED) is 0.650. The first-order valence-electron chi connectivity index (χ1n) is 9.04. The minimum absolute atomic E-state index is 0.286. The van der Waals surface area contributed by atoms with Gasteiger partial charge in [0.25, 0.3) is 0 Å². The lowest BCUT2D eigenvalue weighted by Crippen LogP contribution is -3.14. The van der Waals surface area contributed by atoms with Gasteiger partial charge in [-0.3, -0.25) is 0 Å². The van der Waals surface area contributed by atoms with Crippen LogP contribution < -0.4 is 15.5 Å². The summed E-state index contributed by atoms with van der Waals surface area (Å²) in [6.45, 7) is 7.66. The fourth-order valence-corrected chi connectivity index (χ4v) is 3.44. The van der Waals surface area contributed by atoms with E-state index in [0.29, 0.717) is 31.0 Å². The van der Waals surface area contributed by atoms with E-state index in [1.54, 1.807) is 6.92 Å². The third-order valence-corrected chi connectivity index (χ3v) is 4.78. The molecule has 0 aliphatic carbocycles. The van der Waals surface area contributed by atoms with Gasteiger partial charge in [0.05, 0.1) is 37.1 Å². The van der Waals surface area contributed by atoms with Crippen LogP contribution in [0, 0.1) is 6.92 Å². The molecule has 2 aliphatic heterocycles. The van der Waals surface area contributed by atoms with Crippen molar-refractivity contribution in [2.45, 2.75) is 19.9 Å². The molecule has 1 aromatic carbocycles. The highest BCUT2D eigenvalue weighted by Crippen LogP contribution is 2.29. The van der Waals surface area contributed by atoms with Crippen LogP contribution in [0.4, 0.5) is 4.79 Å². The highest BCUT2D eigenvalue weighted by atomic mass is 16.5. The molecule has 3 N–H and O–H groups in total. The van der Waals surface area contributed by atoms with E-state index in [1.807, 2.05) is 31.2 Å². The summed E-state index contributed by atoms with van der Waals surface area (Å²) in [5, 5.41) is 5.73. The van der Waals surface area contributed by atoms with Crippen LogP contribution in [0.25, 0.3) is 0 Å². The fourth-order valence-electron chi connectivity index (χ4n) is 3.44. The number of carbonyl (C=O) groups excluding carboxylic acids is 2. The van der Waals surface area contributed by atoms with Gasteiger partial charge < -0.3 is 25.0 Å². The van der Waals surface area contributed by atoms with Gasteiger partial charge in [0, 0.05) is 0 Å². The second-order valence-electron chi connectivity index (χ2n) is 6.54. The number of esters is 1. The van der Waals surface area contributed by atoms with E-state index in [9.17, 15) is 9.59 Å². The molecule has 1 saturated heterocycles. The van der Waals surface area contributed by atoms with E-state index in [2.05, 4.69) is 10.6 Å². The van der Waals surface area contributed by atoms with Crippen LogP contribution in [0.1, 0.15) is 24.1 Å². The number of amides is 2. The Bertz CT molecular complexity index is 710. The number of hydrogen-bond donors (Lipinski definition) is 3. The van der Waals surface area contributed by atoms with Crippen LogP contribution in [-0.4, -0.2) is 51.5 Å². The molecule has 2 heterocycles. The van der Waals surface area contributed by atoms with E-state index < -0.39 is 12.0 Å². The first-order valence-corrected chi connectivity index (χ1v) is 9.04. The van der Waals surface area contributed by atoms with Gasteiger partial charge >= 0.3 is 12.0 Å². The van der Waals surface area contributed by atoms with E-state index in [0.717, 1.165) is 24.2 Å². The summed E-state index contributed by atoms with van der Waals surface area (Å²) in [5.41, 5.74) is 3.04. The maximum Gasteiger partial charge on any atom is 0.338 e. The van der Waals surface area contributed by atoms with E-state index in [-0.39, 0.29) is 12.6 Å². The summed E-state index contributed by atoms with van der Waals surface area (Å²) in [6, 6.07) is 6.94. The molecule has 2 aliphatic rings. The van der Waals surface area contributed by atoms with Crippen LogP contribution in [-0.2, 0) is 14.3 Å². The molecule has 0 radical (unpaired) electrons. The Hall–Kier alpha value is -2.38. The number of quaternary nitrogens is 1. The van der Waals surface area contributed by atoms with Crippen molar-refractivity contribution >= 4 is 12.0 Å². The Morgan fingerprint density at radius 2 is 2.04 bits per heavy atom. The van der Waals surface area contributed by atoms with Crippen LogP contribution >= 0.6 is 0 Å². The highest BCUT2D eigenvalue weighted by molar-refractivity contribution is 5.95. The van der Waals surface area contributed by atoms with E-state index in [1.165, 1.54) is 4.90 Å². The molecule has 1 fully saturated rings. The molecule has 140 valence electrons. The lowest BCUT2D eigenvalue weighted by molar-refractivity contribution is -0.903. The Labute approximate surface area is 153 Å². The number of rotatable bonds is 5. The average Bonchev–Trinajstić information content (AvgIpc) is 2.62. The third-order valence-electron chi connectivity index (χ3n) is 4.78. The Morgan fingerprint density at radius 1 is 1.31 bits per heavy atom. The zero-order chi connectivity index (χ0) is 18.5. The van der Waals surface area contributed by atoms with Gasteiger partial charge in [0.15, 0.2) is 0 Å². The second kappa shape index (κ2) is 8.33. The molecular formula is C19H26N3O4+. The van der Waals surface area contributed by atoms with Crippen molar-refractivity contribution in [1.29, 1.82) is 0 Å². The molecule has 0 spiro atoms. The van der Waals surface area contributed by atoms with Crippen molar-refractivity contribution in [3.63, 3.8) is 0 Å². The van der Waals surface area contributed by atoms with Crippen molar-refractivity contribution in [1.82, 2.24) is 10.6 Å². The van der Waals surface area contributed by atoms with Gasteiger partial charge in [0.1, 0.15) is 19.6 Å². The van der Waals surface area contributed by atoms with Crippen molar-refractivity contribution in [2.24, 2.45) is 0 Å². The SMILES string of the molecule is CCOC(=O)C1=C(C[NH+]2CCOCC2)NC(=O)N[C@@H]1c1ccccc1C. The number of ether oxygens (including phenoxy) is 2. The number of aryl methyl sites for hydroxylation is 1. The summed E-state index contributed by atoms with van der Waals surface area (Å²) in [7, 11) is 0. The van der Waals surface area contributed by atoms with Crippen LogP contribution in [0.3, 0.4) is 0 Å². The topological polar surface area (TPSA) is 81.1 Å². The van der Waals surface area contributed by atoms with Crippen LogP contribution in [0.5, 0.6) is 0 Å². The molecular weight excluding hydrogens is 334 g/mol. The number of nitrogens with one attached hydrogen (secondary N) is 3. The molecule has 1 atom stereocenters. The molecule has 1 aromatic rings. The zero-order valence-electron chi connectivity index (χ0n) is 15.3. The van der Waals surface area contributed by atoms with Crippen LogP contribution in [0.2, 0.25) is 0 Å². The Morgan fingerprint density at radius 3 is 2.73 bits per heavy atom. The molecule has 0 aromatic heterocycles. The Kier molecular flexibility index (Phi) is 5.90. The average molecular weight is 360 g/mol. The van der Waals surface area contributed by atoms with E-state index >= 15 is 0 Å². The fraction of sp³-hybridized carbons (Fsp3) is 0.474. The molecule has 7 heteroatoms. The zero-order valence-corrected chi connectivity index (χ0v) is 15.3. The molecule has 2 amide bonds. The maximum atomic E-state index is 12.7. The number of morpholine rings is 1. The minimum atomic E-state index is -0.514. The lowest BCUT2D eigenvalue weighted by Gasteiger charge is -2.32. The molecule has 7 nitrogen and oxygen atoms in total. The number of benzene rings is 1. The van der Waals surface area contributed by atoms with Crippen LogP contribution in [0.15, 0.2) is 35.5 Å². The van der Waals surface area contributed by atoms with Gasteiger partial charge in [-0.2, -0.15) is 0 Å². The molecule has 0 unspecified atom stereocenters. The number of urea groups is 1. The predicted molar refractivity (Wildman–Crippen MR) is 95.6 cm³/mol. The van der Waals surface area contributed by atoms with E-state index in [4.69, 9.17) is 9.47 Å². The van der Waals surface area contributed by atoms with Crippen molar-refractivity contribution in [2.75, 3.05) is 39.5 Å². The summed E-state index contributed by atoms with van der Waals surface area (Å²) >= 11 is 0. The third kappa shape index (κ3) is 4.05. The van der Waals surface area contributed by atoms with Gasteiger partial charge in [-0.25, -0.2) is 9.59 Å². The summed E-state index contributed by atoms with van der Waals surface area (Å²) < 4.78 is 10.7. The number of carbonyl (C=O) groups is 2. The lowest BCUT2D eigenvalue weighted by atomic mass is 9.92. The summed E-state index contributed by atoms with van der Waals surface area (Å²) in [5.74, 6) is -0.393. The minimum Gasteiger partial charge on any atom is -0.463 e. The first kappa shape index (κ1) is 18.4. The summed E-state index contributed by atoms with van der Waals surface area (Å²) in [4.78, 5) is 26.3. The number of hydrogen-bond acceptors (Lipinski definition) is 4. The van der Waals surface area contributed by atoms with Crippen molar-refractivity contribution < 1.29 is 24.0 Å². The van der Waals surface area contributed by atoms with Crippen molar-refractivity contribution in [3.8, 4) is 0 Å². The molecule has 3 rings (SSSR count). The highest BCUT2D eigenvalue weighted by Gasteiger charge is 2.36. The molecule has 0 saturated carbocycles. The van der Waals surface area contributed by atoms with Gasteiger partial charge in [-0.1, -0.05) is 24.3 Å². The largest absolute Gasteiger partial charge is 0.463 e. The van der Waals surface area contributed by atoms with Gasteiger partial charge in [-0.05, 0) is 25.0 Å². The Balaban J connectivity index is 2.00. The van der Waals surface area contributed by atoms with Gasteiger partial charge in [-0.15, -0.1) is 0 Å². The standard InChI is InChI=1S/C19H25N3O4/c1-3-26-18(23)16-15(12-22-8-10-25-11-9-22)20-19(24)21-17(16)14-7-5-4-6-13(14)2/h4-7,17H,3,8-12H2,1-2H3,(H2,20,21,24)/p+1/t17-/m1/s1. The predicted octanol–water partition coefficient (Wildman–Crippen LogP) is 0.0812.